The van der Waals surface area contributed by atoms with Crippen LogP contribution in [0.15, 0.2) is 6.20 Å². The number of aryl methyl sites for hydroxylation is 1. The van der Waals surface area contributed by atoms with Gasteiger partial charge in [0, 0.05) is 44.5 Å². The second kappa shape index (κ2) is 9.27. The first kappa shape index (κ1) is 19.7. The summed E-state index contributed by atoms with van der Waals surface area (Å²) in [6, 6.07) is 0.495. The van der Waals surface area contributed by atoms with Gasteiger partial charge in [0.25, 0.3) is 0 Å². The van der Waals surface area contributed by atoms with Crippen molar-refractivity contribution in [3.63, 3.8) is 0 Å². The Hall–Kier alpha value is -1.60. The molecule has 156 valence electrons. The first-order valence-corrected chi connectivity index (χ1v) is 11.1. The SMILES string of the molecule is Cc1cn(C2CCCCC2)nc1NC(=O)N1CCC[C@@H](CN2CCOCC2)C1. The molecule has 4 rings (SSSR count). The van der Waals surface area contributed by atoms with Gasteiger partial charge in [-0.2, -0.15) is 5.10 Å². The van der Waals surface area contributed by atoms with Gasteiger partial charge in [0.15, 0.2) is 5.82 Å². The number of piperidine rings is 1. The normalized spacial score (nSPS) is 25.0. The second-order valence-electron chi connectivity index (χ2n) is 8.73. The summed E-state index contributed by atoms with van der Waals surface area (Å²) < 4.78 is 7.53. The zero-order chi connectivity index (χ0) is 19.3. The van der Waals surface area contributed by atoms with E-state index in [0.29, 0.717) is 12.0 Å². The number of carbonyl (C=O) groups excluding carboxylic acids is 1. The van der Waals surface area contributed by atoms with Gasteiger partial charge in [-0.1, -0.05) is 19.3 Å². The van der Waals surface area contributed by atoms with E-state index in [1.807, 2.05) is 11.8 Å². The van der Waals surface area contributed by atoms with Crippen molar-refractivity contribution < 1.29 is 9.53 Å². The van der Waals surface area contributed by atoms with Gasteiger partial charge in [-0.05, 0) is 38.5 Å². The third-order valence-electron chi connectivity index (χ3n) is 6.52. The molecule has 0 spiro atoms. The van der Waals surface area contributed by atoms with Crippen LogP contribution in [0.2, 0.25) is 0 Å². The average Bonchev–Trinajstić information content (AvgIpc) is 3.10. The van der Waals surface area contributed by atoms with Crippen LogP contribution in [0.3, 0.4) is 0 Å². The first-order valence-electron chi connectivity index (χ1n) is 11.1. The first-order chi connectivity index (χ1) is 13.7. The smallest absolute Gasteiger partial charge is 0.323 e. The minimum absolute atomic E-state index is 0.00340. The quantitative estimate of drug-likeness (QED) is 0.858. The molecule has 2 aliphatic heterocycles. The largest absolute Gasteiger partial charge is 0.379 e. The van der Waals surface area contributed by atoms with Crippen LogP contribution in [0.1, 0.15) is 56.6 Å². The summed E-state index contributed by atoms with van der Waals surface area (Å²) in [4.78, 5) is 17.3. The van der Waals surface area contributed by atoms with E-state index >= 15 is 0 Å². The van der Waals surface area contributed by atoms with Crippen LogP contribution in [-0.2, 0) is 4.74 Å². The average molecular weight is 390 g/mol. The third kappa shape index (κ3) is 4.87. The second-order valence-corrected chi connectivity index (χ2v) is 8.73. The van der Waals surface area contributed by atoms with E-state index in [1.165, 1.54) is 38.5 Å². The maximum absolute atomic E-state index is 12.9. The van der Waals surface area contributed by atoms with E-state index in [4.69, 9.17) is 9.84 Å². The van der Waals surface area contributed by atoms with Crippen LogP contribution in [-0.4, -0.2) is 71.5 Å². The van der Waals surface area contributed by atoms with Gasteiger partial charge < -0.3 is 9.64 Å². The van der Waals surface area contributed by atoms with Crippen molar-refractivity contribution in [3.05, 3.63) is 11.8 Å². The predicted octanol–water partition coefficient (Wildman–Crippen LogP) is 3.27. The van der Waals surface area contributed by atoms with Gasteiger partial charge in [0.05, 0.1) is 19.3 Å². The monoisotopic (exact) mass is 389 g/mol. The van der Waals surface area contributed by atoms with Crippen LogP contribution in [0.5, 0.6) is 0 Å². The molecule has 1 aliphatic carbocycles. The summed E-state index contributed by atoms with van der Waals surface area (Å²) in [5.74, 6) is 1.28. The molecule has 1 N–H and O–H groups in total. The summed E-state index contributed by atoms with van der Waals surface area (Å²) in [6.07, 6.45) is 10.7. The number of morpholine rings is 1. The molecule has 2 saturated heterocycles. The summed E-state index contributed by atoms with van der Waals surface area (Å²) >= 11 is 0. The fraction of sp³-hybridized carbons (Fsp3) is 0.810. The molecule has 2 amide bonds. The van der Waals surface area contributed by atoms with Crippen LogP contribution in [0, 0.1) is 12.8 Å². The number of anilines is 1. The summed E-state index contributed by atoms with van der Waals surface area (Å²) in [5, 5.41) is 7.80. The summed E-state index contributed by atoms with van der Waals surface area (Å²) in [6.45, 7) is 8.49. The van der Waals surface area contributed by atoms with Crippen molar-refractivity contribution in [2.75, 3.05) is 51.3 Å². The van der Waals surface area contributed by atoms with Crippen molar-refractivity contribution in [1.82, 2.24) is 19.6 Å². The molecule has 1 aromatic rings. The number of hydrogen-bond acceptors (Lipinski definition) is 4. The lowest BCUT2D eigenvalue weighted by atomic mass is 9.96. The Bertz CT molecular complexity index is 649. The molecule has 7 heteroatoms. The van der Waals surface area contributed by atoms with E-state index in [-0.39, 0.29) is 6.03 Å². The molecule has 1 saturated carbocycles. The Kier molecular flexibility index (Phi) is 6.52. The standard InChI is InChI=1S/C21H35N5O2/c1-17-14-26(19-7-3-2-4-8-19)23-20(17)22-21(27)25-9-5-6-18(16-25)15-24-10-12-28-13-11-24/h14,18-19H,2-13,15-16H2,1H3,(H,22,23,27)/t18-/m0/s1. The van der Waals surface area contributed by atoms with E-state index in [0.717, 1.165) is 63.7 Å². The van der Waals surface area contributed by atoms with Crippen LogP contribution >= 0.6 is 0 Å². The van der Waals surface area contributed by atoms with Gasteiger partial charge in [-0.15, -0.1) is 0 Å². The fourth-order valence-corrected chi connectivity index (χ4v) is 4.87. The number of rotatable bonds is 4. The Morgan fingerprint density at radius 3 is 2.71 bits per heavy atom. The minimum Gasteiger partial charge on any atom is -0.379 e. The molecule has 0 radical (unpaired) electrons. The van der Waals surface area contributed by atoms with Gasteiger partial charge in [-0.3, -0.25) is 14.9 Å². The highest BCUT2D eigenvalue weighted by Crippen LogP contribution is 2.29. The molecule has 7 nitrogen and oxygen atoms in total. The number of nitrogens with zero attached hydrogens (tertiary/aromatic N) is 4. The number of hydrogen-bond donors (Lipinski definition) is 1. The Morgan fingerprint density at radius 1 is 1.14 bits per heavy atom. The number of amides is 2. The van der Waals surface area contributed by atoms with Crippen LogP contribution in [0.4, 0.5) is 10.6 Å². The molecule has 1 atom stereocenters. The molecule has 0 aromatic carbocycles. The zero-order valence-corrected chi connectivity index (χ0v) is 17.2. The molecular formula is C21H35N5O2. The molecule has 0 bridgehead atoms. The van der Waals surface area contributed by atoms with Crippen molar-refractivity contribution in [1.29, 1.82) is 0 Å². The van der Waals surface area contributed by atoms with Gasteiger partial charge in [0.1, 0.15) is 0 Å². The highest BCUT2D eigenvalue weighted by atomic mass is 16.5. The summed E-state index contributed by atoms with van der Waals surface area (Å²) in [5.41, 5.74) is 1.06. The van der Waals surface area contributed by atoms with Crippen LogP contribution < -0.4 is 5.32 Å². The van der Waals surface area contributed by atoms with Crippen LogP contribution in [0.25, 0.3) is 0 Å². The minimum atomic E-state index is 0.00340. The van der Waals surface area contributed by atoms with Crippen molar-refractivity contribution in [2.45, 2.75) is 57.9 Å². The lowest BCUT2D eigenvalue weighted by Gasteiger charge is -2.36. The molecule has 28 heavy (non-hydrogen) atoms. The Morgan fingerprint density at radius 2 is 1.93 bits per heavy atom. The van der Waals surface area contributed by atoms with E-state index in [1.54, 1.807) is 0 Å². The molecule has 0 unspecified atom stereocenters. The molecular weight excluding hydrogens is 354 g/mol. The number of aromatic nitrogens is 2. The number of carbonyl (C=O) groups is 1. The Balaban J connectivity index is 1.32. The maximum Gasteiger partial charge on any atom is 0.323 e. The van der Waals surface area contributed by atoms with Gasteiger partial charge in [0.2, 0.25) is 0 Å². The fourth-order valence-electron chi connectivity index (χ4n) is 4.87. The zero-order valence-electron chi connectivity index (χ0n) is 17.2. The van der Waals surface area contributed by atoms with Gasteiger partial charge >= 0.3 is 6.03 Å². The van der Waals surface area contributed by atoms with E-state index < -0.39 is 0 Å². The molecule has 3 heterocycles. The van der Waals surface area contributed by atoms with E-state index in [2.05, 4.69) is 21.1 Å². The lowest BCUT2D eigenvalue weighted by molar-refractivity contribution is 0.0252. The molecule has 3 aliphatic rings. The number of urea groups is 1. The topological polar surface area (TPSA) is 62.6 Å². The molecule has 1 aromatic heterocycles. The van der Waals surface area contributed by atoms with Crippen molar-refractivity contribution in [3.8, 4) is 0 Å². The van der Waals surface area contributed by atoms with E-state index in [9.17, 15) is 4.79 Å². The molecule has 3 fully saturated rings. The number of likely N-dealkylation sites (tertiary alicyclic amines) is 1. The summed E-state index contributed by atoms with van der Waals surface area (Å²) in [7, 11) is 0. The highest BCUT2D eigenvalue weighted by Gasteiger charge is 2.27. The van der Waals surface area contributed by atoms with Crippen molar-refractivity contribution >= 4 is 11.8 Å². The maximum atomic E-state index is 12.9. The number of ether oxygens (including phenoxy) is 1. The van der Waals surface area contributed by atoms with Gasteiger partial charge in [-0.25, -0.2) is 4.79 Å². The predicted molar refractivity (Wildman–Crippen MR) is 110 cm³/mol. The number of nitrogens with one attached hydrogen (secondary N) is 1. The van der Waals surface area contributed by atoms with Crippen molar-refractivity contribution in [2.24, 2.45) is 5.92 Å². The Labute approximate surface area is 168 Å². The third-order valence-corrected chi connectivity index (χ3v) is 6.52. The lowest BCUT2D eigenvalue weighted by Crippen LogP contribution is -2.47. The highest BCUT2D eigenvalue weighted by molar-refractivity contribution is 5.89.